The third-order valence-electron chi connectivity index (χ3n) is 6.27. The zero-order valence-corrected chi connectivity index (χ0v) is 19.7. The number of para-hydroxylation sites is 3. The first-order chi connectivity index (χ1) is 15.7. The zero-order chi connectivity index (χ0) is 22.1. The number of anilines is 3. The maximum Gasteiger partial charge on any atom is 0.114 e. The van der Waals surface area contributed by atoms with Crippen LogP contribution in [0.3, 0.4) is 0 Å². The highest BCUT2D eigenvalue weighted by Gasteiger charge is 2.30. The Balaban J connectivity index is 1.64. The Morgan fingerprint density at radius 2 is 1.50 bits per heavy atom. The molecule has 5 rings (SSSR count). The van der Waals surface area contributed by atoms with Gasteiger partial charge in [0.05, 0.1) is 16.7 Å². The van der Waals surface area contributed by atoms with Crippen LogP contribution >= 0.6 is 11.8 Å². The lowest BCUT2D eigenvalue weighted by molar-refractivity contribution is 0.376. The minimum atomic E-state index is 0.271. The maximum atomic E-state index is 2.44. The van der Waals surface area contributed by atoms with Crippen LogP contribution in [0.5, 0.6) is 0 Å². The van der Waals surface area contributed by atoms with E-state index in [1.54, 1.807) is 0 Å². The fourth-order valence-electron chi connectivity index (χ4n) is 4.58. The van der Waals surface area contributed by atoms with Gasteiger partial charge in [-0.1, -0.05) is 60.3 Å². The van der Waals surface area contributed by atoms with E-state index in [2.05, 4.69) is 127 Å². The first-order valence-electron chi connectivity index (χ1n) is 11.3. The molecular formula is C28H29N3S. The van der Waals surface area contributed by atoms with Gasteiger partial charge in [-0.2, -0.15) is 0 Å². The molecule has 1 unspecified atom stereocenters. The molecule has 162 valence electrons. The summed E-state index contributed by atoms with van der Waals surface area (Å²) in [7, 11) is 2.20. The zero-order valence-electron chi connectivity index (χ0n) is 18.9. The predicted molar refractivity (Wildman–Crippen MR) is 138 cm³/mol. The summed E-state index contributed by atoms with van der Waals surface area (Å²) < 4.78 is 0. The standard InChI is InChI=1S/C28H29N3S/c1-4-30(5-2)27-19-21(20-28-29(3)25-17-11-12-18-26(25)32-28)23-15-9-10-16-24(23)31(27)22-13-7-6-8-14-22/h6-20,28H,4-5H2,1-3H3. The number of rotatable bonds is 5. The molecule has 2 aliphatic rings. The van der Waals surface area contributed by atoms with Crippen LogP contribution < -0.4 is 9.80 Å². The molecule has 0 radical (unpaired) electrons. The van der Waals surface area contributed by atoms with Gasteiger partial charge in [0.1, 0.15) is 5.82 Å². The molecule has 0 N–H and O–H groups in total. The van der Waals surface area contributed by atoms with Crippen molar-refractivity contribution in [3.05, 3.63) is 102 Å². The number of likely N-dealkylation sites (N-methyl/N-ethyl adjacent to an activating group) is 1. The van der Waals surface area contributed by atoms with Crippen molar-refractivity contribution < 1.29 is 0 Å². The topological polar surface area (TPSA) is 9.72 Å². The van der Waals surface area contributed by atoms with Crippen molar-refractivity contribution >= 4 is 34.4 Å². The first kappa shape index (κ1) is 20.8. The molecule has 2 aliphatic heterocycles. The molecule has 32 heavy (non-hydrogen) atoms. The van der Waals surface area contributed by atoms with E-state index in [-0.39, 0.29) is 5.37 Å². The summed E-state index contributed by atoms with van der Waals surface area (Å²) in [4.78, 5) is 8.57. The average molecular weight is 440 g/mol. The van der Waals surface area contributed by atoms with E-state index in [4.69, 9.17) is 0 Å². The second-order valence-corrected chi connectivity index (χ2v) is 9.23. The Morgan fingerprint density at radius 3 is 2.22 bits per heavy atom. The first-order valence-corrected chi connectivity index (χ1v) is 12.2. The van der Waals surface area contributed by atoms with Crippen LogP contribution in [0.15, 0.2) is 102 Å². The number of nitrogens with zero attached hydrogens (tertiary/aromatic N) is 3. The van der Waals surface area contributed by atoms with Crippen LogP contribution in [0.4, 0.5) is 17.1 Å². The summed E-state index contributed by atoms with van der Waals surface area (Å²) in [6.45, 7) is 6.39. The molecule has 0 amide bonds. The van der Waals surface area contributed by atoms with Gasteiger partial charge in [-0.3, -0.25) is 4.90 Å². The highest BCUT2D eigenvalue weighted by molar-refractivity contribution is 8.00. The van der Waals surface area contributed by atoms with Crippen LogP contribution in [0.1, 0.15) is 19.4 Å². The molecule has 2 heterocycles. The smallest absolute Gasteiger partial charge is 0.114 e. The Morgan fingerprint density at radius 1 is 0.844 bits per heavy atom. The molecule has 0 fully saturated rings. The summed E-state index contributed by atoms with van der Waals surface area (Å²) in [5.41, 5.74) is 6.29. The number of hydrogen-bond donors (Lipinski definition) is 0. The van der Waals surface area contributed by atoms with Crippen molar-refractivity contribution in [3.63, 3.8) is 0 Å². The molecule has 4 heteroatoms. The molecule has 0 saturated carbocycles. The third-order valence-corrected chi connectivity index (χ3v) is 7.56. The van der Waals surface area contributed by atoms with Crippen LogP contribution in [0.2, 0.25) is 0 Å². The van der Waals surface area contributed by atoms with E-state index in [1.165, 1.54) is 38.9 Å². The van der Waals surface area contributed by atoms with Gasteiger partial charge in [-0.15, -0.1) is 0 Å². The summed E-state index contributed by atoms with van der Waals surface area (Å²) in [6, 6.07) is 28.2. The average Bonchev–Trinajstić information content (AvgIpc) is 3.16. The Labute approximate surface area is 195 Å². The van der Waals surface area contributed by atoms with Crippen molar-refractivity contribution in [2.24, 2.45) is 0 Å². The van der Waals surface area contributed by atoms with Gasteiger partial charge in [0.2, 0.25) is 0 Å². The minimum absolute atomic E-state index is 0.271. The lowest BCUT2D eigenvalue weighted by atomic mass is 9.97. The molecule has 0 aliphatic carbocycles. The van der Waals surface area contributed by atoms with E-state index in [9.17, 15) is 0 Å². The van der Waals surface area contributed by atoms with Crippen molar-refractivity contribution in [2.75, 3.05) is 29.9 Å². The van der Waals surface area contributed by atoms with Crippen molar-refractivity contribution in [1.82, 2.24) is 4.90 Å². The van der Waals surface area contributed by atoms with E-state index in [0.717, 1.165) is 13.1 Å². The molecule has 1 atom stereocenters. The van der Waals surface area contributed by atoms with Gasteiger partial charge >= 0.3 is 0 Å². The number of hydrogen-bond acceptors (Lipinski definition) is 4. The van der Waals surface area contributed by atoms with Crippen LogP contribution in [-0.2, 0) is 0 Å². The van der Waals surface area contributed by atoms with Gasteiger partial charge in [0, 0.05) is 36.3 Å². The number of fused-ring (bicyclic) bond motifs is 2. The fourth-order valence-corrected chi connectivity index (χ4v) is 5.81. The second kappa shape index (κ2) is 8.79. The normalized spacial score (nSPS) is 18.4. The lowest BCUT2D eigenvalue weighted by Gasteiger charge is -2.39. The van der Waals surface area contributed by atoms with Crippen LogP contribution in [-0.4, -0.2) is 30.4 Å². The van der Waals surface area contributed by atoms with Gasteiger partial charge in [-0.05, 0) is 61.9 Å². The predicted octanol–water partition coefficient (Wildman–Crippen LogP) is 6.97. The minimum Gasteiger partial charge on any atom is -0.358 e. The highest BCUT2D eigenvalue weighted by atomic mass is 32.2. The molecule has 0 saturated heterocycles. The molecule has 3 nitrogen and oxygen atoms in total. The molecule has 0 aromatic heterocycles. The summed E-state index contributed by atoms with van der Waals surface area (Å²) in [6.07, 6.45) is 4.80. The van der Waals surface area contributed by atoms with Crippen molar-refractivity contribution in [2.45, 2.75) is 24.1 Å². The summed E-state index contributed by atoms with van der Waals surface area (Å²) in [5, 5.41) is 0.271. The highest BCUT2D eigenvalue weighted by Crippen LogP contribution is 2.46. The van der Waals surface area contributed by atoms with Gasteiger partial charge < -0.3 is 9.80 Å². The molecule has 3 aromatic rings. The van der Waals surface area contributed by atoms with Gasteiger partial charge in [0.25, 0.3) is 0 Å². The molecule has 0 spiro atoms. The van der Waals surface area contributed by atoms with Crippen LogP contribution in [0.25, 0.3) is 5.57 Å². The summed E-state index contributed by atoms with van der Waals surface area (Å²) in [5.74, 6) is 1.23. The van der Waals surface area contributed by atoms with E-state index < -0.39 is 0 Å². The molecule has 3 aromatic carbocycles. The summed E-state index contributed by atoms with van der Waals surface area (Å²) >= 11 is 1.92. The van der Waals surface area contributed by atoms with Crippen molar-refractivity contribution in [3.8, 4) is 0 Å². The van der Waals surface area contributed by atoms with Gasteiger partial charge in [0.15, 0.2) is 0 Å². The van der Waals surface area contributed by atoms with E-state index >= 15 is 0 Å². The second-order valence-electron chi connectivity index (χ2n) is 8.07. The van der Waals surface area contributed by atoms with Gasteiger partial charge in [-0.25, -0.2) is 0 Å². The largest absolute Gasteiger partial charge is 0.358 e. The van der Waals surface area contributed by atoms with Crippen LogP contribution in [0, 0.1) is 0 Å². The third kappa shape index (κ3) is 3.59. The van der Waals surface area contributed by atoms with E-state index in [0.29, 0.717) is 0 Å². The molecular weight excluding hydrogens is 410 g/mol. The monoisotopic (exact) mass is 439 g/mol. The fraction of sp³-hybridized carbons (Fsp3) is 0.214. The quantitative estimate of drug-likeness (QED) is 0.424. The number of thioether (sulfide) groups is 1. The Hall–Kier alpha value is -3.11. The Bertz CT molecular complexity index is 1160. The van der Waals surface area contributed by atoms with E-state index in [1.807, 2.05) is 11.8 Å². The SMILES string of the molecule is CCN(CC)C1=CC(=CC2Sc3ccccc3N2C)c2ccccc2N1c1ccccc1. The Kier molecular flexibility index (Phi) is 5.71. The lowest BCUT2D eigenvalue weighted by Crippen LogP contribution is -2.35. The maximum absolute atomic E-state index is 2.44. The van der Waals surface area contributed by atoms with Crippen molar-refractivity contribution in [1.29, 1.82) is 0 Å². The number of allylic oxidation sites excluding steroid dienone is 2. The number of benzene rings is 3. The molecule has 0 bridgehead atoms.